The Bertz CT molecular complexity index is 1360. The predicted octanol–water partition coefficient (Wildman–Crippen LogP) is 5.21. The highest BCUT2D eigenvalue weighted by Crippen LogP contribution is 2.55. The minimum absolute atomic E-state index is 0.0806. The third-order valence-corrected chi connectivity index (χ3v) is 7.25. The van der Waals surface area contributed by atoms with E-state index in [1.807, 2.05) is 55.5 Å². The molecule has 1 aliphatic carbocycles. The van der Waals surface area contributed by atoms with Crippen molar-refractivity contribution in [1.82, 2.24) is 0 Å². The first kappa shape index (κ1) is 25.4. The first-order chi connectivity index (χ1) is 18.4. The van der Waals surface area contributed by atoms with Gasteiger partial charge >= 0.3 is 11.9 Å². The summed E-state index contributed by atoms with van der Waals surface area (Å²) in [6.07, 6.45) is 1.01. The molecule has 1 heterocycles. The van der Waals surface area contributed by atoms with Crippen LogP contribution >= 0.6 is 0 Å². The molecule has 8 nitrogen and oxygen atoms in total. The summed E-state index contributed by atoms with van der Waals surface area (Å²) in [6, 6.07) is 16.8. The number of rotatable bonds is 10. The quantitative estimate of drug-likeness (QED) is 0.376. The van der Waals surface area contributed by atoms with E-state index < -0.39 is 29.7 Å². The molecular weight excluding hydrogens is 488 g/mol. The van der Waals surface area contributed by atoms with Crippen LogP contribution in [-0.2, 0) is 16.0 Å². The SMILES string of the molecule is CCCOc1ccc2c(c1)C(c1ccc(OC)cc1CCC(=O)O)C(C(=O)O)C2c1ccc2c(c1)OCO2. The summed E-state index contributed by atoms with van der Waals surface area (Å²) in [7, 11) is 1.55. The van der Waals surface area contributed by atoms with Crippen LogP contribution in [0.5, 0.6) is 23.0 Å². The predicted molar refractivity (Wildman–Crippen MR) is 139 cm³/mol. The summed E-state index contributed by atoms with van der Waals surface area (Å²) < 4.78 is 22.4. The Hall–Kier alpha value is -4.20. The highest BCUT2D eigenvalue weighted by Gasteiger charge is 2.47. The van der Waals surface area contributed by atoms with Gasteiger partial charge in [0, 0.05) is 18.3 Å². The number of carboxylic acid groups (broad SMARTS) is 2. The summed E-state index contributed by atoms with van der Waals surface area (Å²) in [5.41, 5.74) is 4.09. The molecular formula is C30H30O8. The molecule has 5 rings (SSSR count). The van der Waals surface area contributed by atoms with Crippen LogP contribution in [-0.4, -0.2) is 42.7 Å². The Morgan fingerprint density at radius 2 is 1.66 bits per heavy atom. The lowest BCUT2D eigenvalue weighted by Crippen LogP contribution is -2.24. The third-order valence-electron chi connectivity index (χ3n) is 7.25. The Kier molecular flexibility index (Phi) is 7.13. The van der Waals surface area contributed by atoms with Crippen LogP contribution in [0.15, 0.2) is 54.6 Å². The molecule has 2 aliphatic rings. The number of hydrogen-bond acceptors (Lipinski definition) is 6. The van der Waals surface area contributed by atoms with E-state index in [-0.39, 0.29) is 19.6 Å². The molecule has 3 aromatic carbocycles. The lowest BCUT2D eigenvalue weighted by Gasteiger charge is -2.25. The molecule has 0 radical (unpaired) electrons. The maximum atomic E-state index is 13.0. The van der Waals surface area contributed by atoms with Crippen molar-refractivity contribution in [2.24, 2.45) is 5.92 Å². The van der Waals surface area contributed by atoms with Gasteiger partial charge in [-0.3, -0.25) is 9.59 Å². The van der Waals surface area contributed by atoms with Gasteiger partial charge in [0.2, 0.25) is 6.79 Å². The molecule has 0 saturated carbocycles. The molecule has 0 fully saturated rings. The average molecular weight is 519 g/mol. The fraction of sp³-hybridized carbons (Fsp3) is 0.333. The molecule has 2 N–H and O–H groups in total. The second-order valence-corrected chi connectivity index (χ2v) is 9.53. The topological polar surface area (TPSA) is 112 Å². The number of carboxylic acids is 2. The van der Waals surface area contributed by atoms with Crippen molar-refractivity contribution in [2.45, 2.75) is 38.0 Å². The number of benzene rings is 3. The van der Waals surface area contributed by atoms with Gasteiger partial charge < -0.3 is 29.2 Å². The zero-order valence-corrected chi connectivity index (χ0v) is 21.3. The number of hydrogen-bond donors (Lipinski definition) is 2. The lowest BCUT2D eigenvalue weighted by molar-refractivity contribution is -0.142. The normalized spacial score (nSPS) is 19.2. The van der Waals surface area contributed by atoms with Crippen LogP contribution in [0.2, 0.25) is 0 Å². The van der Waals surface area contributed by atoms with Crippen molar-refractivity contribution in [3.05, 3.63) is 82.4 Å². The number of fused-ring (bicyclic) bond motifs is 2. The van der Waals surface area contributed by atoms with Crippen LogP contribution in [0.3, 0.4) is 0 Å². The summed E-state index contributed by atoms with van der Waals surface area (Å²) in [5.74, 6) is -1.22. The number of aryl methyl sites for hydroxylation is 1. The first-order valence-electron chi connectivity index (χ1n) is 12.7. The lowest BCUT2D eigenvalue weighted by atomic mass is 9.78. The van der Waals surface area contributed by atoms with Gasteiger partial charge in [-0.25, -0.2) is 0 Å². The van der Waals surface area contributed by atoms with Crippen LogP contribution in [0, 0.1) is 5.92 Å². The second-order valence-electron chi connectivity index (χ2n) is 9.53. The molecule has 1 aliphatic heterocycles. The molecule has 198 valence electrons. The van der Waals surface area contributed by atoms with E-state index in [0.717, 1.165) is 34.2 Å². The Labute approximate surface area is 220 Å². The molecule has 0 saturated heterocycles. The second kappa shape index (κ2) is 10.7. The van der Waals surface area contributed by atoms with Gasteiger partial charge in [0.25, 0.3) is 0 Å². The van der Waals surface area contributed by atoms with E-state index in [1.54, 1.807) is 13.2 Å². The van der Waals surface area contributed by atoms with Crippen LogP contribution in [0.4, 0.5) is 0 Å². The van der Waals surface area contributed by atoms with Gasteiger partial charge in [-0.1, -0.05) is 25.1 Å². The van der Waals surface area contributed by atoms with Crippen molar-refractivity contribution < 1.29 is 38.7 Å². The van der Waals surface area contributed by atoms with Crippen molar-refractivity contribution in [3.63, 3.8) is 0 Å². The number of carbonyl (C=O) groups is 2. The van der Waals surface area contributed by atoms with Gasteiger partial charge in [-0.05, 0) is 77.1 Å². The standard InChI is InChI=1S/C30H30O8/c1-3-12-36-20-7-9-22-23(15-20)28(21-8-6-19(35-2)13-17(21)5-11-26(31)32)29(30(33)34)27(22)18-4-10-24-25(14-18)38-16-37-24/h4,6-10,13-15,27-29H,3,5,11-12,16H2,1-2H3,(H,31,32)(H,33,34). The molecule has 0 amide bonds. The molecule has 0 aromatic heterocycles. The summed E-state index contributed by atoms with van der Waals surface area (Å²) in [6.45, 7) is 2.70. The van der Waals surface area contributed by atoms with E-state index >= 15 is 0 Å². The van der Waals surface area contributed by atoms with Crippen LogP contribution in [0.1, 0.15) is 59.4 Å². The maximum Gasteiger partial charge on any atom is 0.308 e. The van der Waals surface area contributed by atoms with E-state index in [2.05, 4.69) is 0 Å². The average Bonchev–Trinajstić information content (AvgIpc) is 3.52. The van der Waals surface area contributed by atoms with Crippen molar-refractivity contribution in [3.8, 4) is 23.0 Å². The Balaban J connectivity index is 1.69. The highest BCUT2D eigenvalue weighted by atomic mass is 16.7. The molecule has 3 atom stereocenters. The van der Waals surface area contributed by atoms with Crippen LogP contribution in [0.25, 0.3) is 0 Å². The van der Waals surface area contributed by atoms with Gasteiger partial charge in [-0.15, -0.1) is 0 Å². The zero-order chi connectivity index (χ0) is 26.8. The minimum Gasteiger partial charge on any atom is -0.497 e. The molecule has 38 heavy (non-hydrogen) atoms. The Morgan fingerprint density at radius 1 is 0.895 bits per heavy atom. The van der Waals surface area contributed by atoms with E-state index in [9.17, 15) is 19.8 Å². The maximum absolute atomic E-state index is 13.0. The van der Waals surface area contributed by atoms with Gasteiger partial charge in [0.05, 0.1) is 19.6 Å². The van der Waals surface area contributed by atoms with Crippen LogP contribution < -0.4 is 18.9 Å². The third kappa shape index (κ3) is 4.74. The fourth-order valence-corrected chi connectivity index (χ4v) is 5.60. The number of aliphatic carboxylic acids is 2. The smallest absolute Gasteiger partial charge is 0.308 e. The van der Waals surface area contributed by atoms with Crippen molar-refractivity contribution >= 4 is 11.9 Å². The molecule has 8 heteroatoms. The minimum atomic E-state index is -0.940. The summed E-state index contributed by atoms with van der Waals surface area (Å²) in [4.78, 5) is 24.5. The van der Waals surface area contributed by atoms with Crippen molar-refractivity contribution in [2.75, 3.05) is 20.5 Å². The largest absolute Gasteiger partial charge is 0.497 e. The van der Waals surface area contributed by atoms with Gasteiger partial charge in [0.1, 0.15) is 11.5 Å². The molecule has 0 bridgehead atoms. The first-order valence-corrected chi connectivity index (χ1v) is 12.7. The monoisotopic (exact) mass is 518 g/mol. The van der Waals surface area contributed by atoms with Gasteiger partial charge in [-0.2, -0.15) is 0 Å². The van der Waals surface area contributed by atoms with Gasteiger partial charge in [0.15, 0.2) is 11.5 Å². The van der Waals surface area contributed by atoms with E-state index in [1.165, 1.54) is 0 Å². The van der Waals surface area contributed by atoms with E-state index in [4.69, 9.17) is 18.9 Å². The molecule has 3 aromatic rings. The summed E-state index contributed by atoms with van der Waals surface area (Å²) in [5, 5.41) is 20.0. The zero-order valence-electron chi connectivity index (χ0n) is 21.3. The number of methoxy groups -OCH3 is 1. The highest BCUT2D eigenvalue weighted by molar-refractivity contribution is 5.78. The Morgan fingerprint density at radius 3 is 2.39 bits per heavy atom. The number of ether oxygens (including phenoxy) is 4. The molecule has 3 unspecified atom stereocenters. The fourth-order valence-electron chi connectivity index (χ4n) is 5.60. The molecule has 0 spiro atoms. The summed E-state index contributed by atoms with van der Waals surface area (Å²) >= 11 is 0. The van der Waals surface area contributed by atoms with E-state index in [0.29, 0.717) is 29.6 Å². The van der Waals surface area contributed by atoms with Crippen molar-refractivity contribution in [1.29, 1.82) is 0 Å².